The molecule has 0 aliphatic rings. The van der Waals surface area contributed by atoms with Crippen molar-refractivity contribution in [3.05, 3.63) is 48.3 Å². The SMILES string of the molecule is COc1ccccc1CCNC(C)Cn1cccn1. The Hall–Kier alpha value is -1.81. The van der Waals surface area contributed by atoms with E-state index in [0.717, 1.165) is 25.3 Å². The largest absolute Gasteiger partial charge is 0.496 e. The molecule has 4 nitrogen and oxygen atoms in total. The average molecular weight is 259 g/mol. The minimum absolute atomic E-state index is 0.398. The van der Waals surface area contributed by atoms with E-state index in [9.17, 15) is 0 Å². The number of benzene rings is 1. The first kappa shape index (κ1) is 13.6. The second-order valence-corrected chi connectivity index (χ2v) is 4.65. The zero-order chi connectivity index (χ0) is 13.5. The maximum absolute atomic E-state index is 5.35. The van der Waals surface area contributed by atoms with Gasteiger partial charge in [-0.25, -0.2) is 0 Å². The van der Waals surface area contributed by atoms with Gasteiger partial charge in [0.1, 0.15) is 5.75 Å². The normalized spacial score (nSPS) is 12.3. The summed E-state index contributed by atoms with van der Waals surface area (Å²) < 4.78 is 7.29. The molecule has 0 aliphatic heterocycles. The fourth-order valence-electron chi connectivity index (χ4n) is 2.12. The Labute approximate surface area is 114 Å². The van der Waals surface area contributed by atoms with E-state index in [4.69, 9.17) is 4.74 Å². The molecule has 4 heteroatoms. The van der Waals surface area contributed by atoms with Crippen molar-refractivity contribution in [1.29, 1.82) is 0 Å². The molecule has 0 spiro atoms. The van der Waals surface area contributed by atoms with E-state index in [-0.39, 0.29) is 0 Å². The summed E-state index contributed by atoms with van der Waals surface area (Å²) in [5, 5.41) is 7.71. The van der Waals surface area contributed by atoms with E-state index in [1.54, 1.807) is 7.11 Å². The van der Waals surface area contributed by atoms with Gasteiger partial charge in [0, 0.05) is 18.4 Å². The van der Waals surface area contributed by atoms with Crippen molar-refractivity contribution in [3.63, 3.8) is 0 Å². The van der Waals surface area contributed by atoms with Crippen LogP contribution >= 0.6 is 0 Å². The highest BCUT2D eigenvalue weighted by atomic mass is 16.5. The molecule has 1 N–H and O–H groups in total. The highest BCUT2D eigenvalue weighted by molar-refractivity contribution is 5.33. The van der Waals surface area contributed by atoms with Crippen LogP contribution in [0.3, 0.4) is 0 Å². The fraction of sp³-hybridized carbons (Fsp3) is 0.400. The number of methoxy groups -OCH3 is 1. The van der Waals surface area contributed by atoms with Crippen molar-refractivity contribution < 1.29 is 4.74 Å². The van der Waals surface area contributed by atoms with Crippen LogP contribution in [0.5, 0.6) is 5.75 Å². The summed E-state index contributed by atoms with van der Waals surface area (Å²) >= 11 is 0. The maximum Gasteiger partial charge on any atom is 0.122 e. The molecule has 1 unspecified atom stereocenters. The molecule has 1 aromatic heterocycles. The van der Waals surface area contributed by atoms with Crippen LogP contribution in [-0.2, 0) is 13.0 Å². The Balaban J connectivity index is 1.76. The quantitative estimate of drug-likeness (QED) is 0.827. The third-order valence-corrected chi connectivity index (χ3v) is 3.10. The second kappa shape index (κ2) is 6.95. The van der Waals surface area contributed by atoms with Gasteiger partial charge >= 0.3 is 0 Å². The lowest BCUT2D eigenvalue weighted by Gasteiger charge is -2.14. The van der Waals surface area contributed by atoms with E-state index in [1.165, 1.54) is 5.56 Å². The first-order valence-corrected chi connectivity index (χ1v) is 6.62. The van der Waals surface area contributed by atoms with Gasteiger partial charge in [0.15, 0.2) is 0 Å². The number of rotatable bonds is 7. The molecule has 1 atom stereocenters. The lowest BCUT2D eigenvalue weighted by molar-refractivity contribution is 0.407. The lowest BCUT2D eigenvalue weighted by Crippen LogP contribution is -2.32. The number of aromatic nitrogens is 2. The summed E-state index contributed by atoms with van der Waals surface area (Å²) in [6.45, 7) is 3.99. The lowest BCUT2D eigenvalue weighted by atomic mass is 10.1. The molecule has 19 heavy (non-hydrogen) atoms. The Bertz CT molecular complexity index is 482. The number of hydrogen-bond donors (Lipinski definition) is 1. The topological polar surface area (TPSA) is 39.1 Å². The Kier molecular flexibility index (Phi) is 4.98. The van der Waals surface area contributed by atoms with Crippen LogP contribution in [0, 0.1) is 0 Å². The number of para-hydroxylation sites is 1. The van der Waals surface area contributed by atoms with Gasteiger partial charge in [-0.3, -0.25) is 4.68 Å². The van der Waals surface area contributed by atoms with Gasteiger partial charge in [0.2, 0.25) is 0 Å². The predicted octanol–water partition coefficient (Wildman–Crippen LogP) is 2.11. The van der Waals surface area contributed by atoms with Crippen molar-refractivity contribution in [2.24, 2.45) is 0 Å². The van der Waals surface area contributed by atoms with Crippen LogP contribution in [0.1, 0.15) is 12.5 Å². The third kappa shape index (κ3) is 4.10. The molecule has 0 saturated carbocycles. The summed E-state index contributed by atoms with van der Waals surface area (Å²) in [6.07, 6.45) is 4.76. The first-order chi connectivity index (χ1) is 9.29. The highest BCUT2D eigenvalue weighted by Gasteiger charge is 2.04. The molecule has 0 fully saturated rings. The zero-order valence-corrected chi connectivity index (χ0v) is 11.5. The molecule has 102 valence electrons. The molecule has 2 aromatic rings. The maximum atomic E-state index is 5.35. The average Bonchev–Trinajstić information content (AvgIpc) is 2.92. The molecule has 0 radical (unpaired) electrons. The molecule has 0 bridgehead atoms. The second-order valence-electron chi connectivity index (χ2n) is 4.65. The van der Waals surface area contributed by atoms with Gasteiger partial charge < -0.3 is 10.1 Å². The van der Waals surface area contributed by atoms with Crippen LogP contribution < -0.4 is 10.1 Å². The van der Waals surface area contributed by atoms with Crippen LogP contribution in [0.25, 0.3) is 0 Å². The molecule has 0 saturated heterocycles. The van der Waals surface area contributed by atoms with Crippen LogP contribution in [-0.4, -0.2) is 29.5 Å². The highest BCUT2D eigenvalue weighted by Crippen LogP contribution is 2.17. The molecular weight excluding hydrogens is 238 g/mol. The van der Waals surface area contributed by atoms with Gasteiger partial charge in [-0.15, -0.1) is 0 Å². The van der Waals surface area contributed by atoms with E-state index in [1.807, 2.05) is 41.3 Å². The van der Waals surface area contributed by atoms with Crippen molar-refractivity contribution in [2.45, 2.75) is 25.9 Å². The zero-order valence-electron chi connectivity index (χ0n) is 11.5. The van der Waals surface area contributed by atoms with E-state index in [0.29, 0.717) is 6.04 Å². The van der Waals surface area contributed by atoms with Crippen LogP contribution in [0.15, 0.2) is 42.7 Å². The van der Waals surface area contributed by atoms with E-state index >= 15 is 0 Å². The van der Waals surface area contributed by atoms with Gasteiger partial charge in [0.05, 0.1) is 13.7 Å². The Morgan fingerprint density at radius 2 is 2.16 bits per heavy atom. The summed E-state index contributed by atoms with van der Waals surface area (Å²) in [4.78, 5) is 0. The van der Waals surface area contributed by atoms with Gasteiger partial charge in [-0.05, 0) is 37.6 Å². The monoisotopic (exact) mass is 259 g/mol. The van der Waals surface area contributed by atoms with Crippen molar-refractivity contribution in [1.82, 2.24) is 15.1 Å². The van der Waals surface area contributed by atoms with Crippen molar-refractivity contribution in [3.8, 4) is 5.75 Å². The van der Waals surface area contributed by atoms with Crippen molar-refractivity contribution >= 4 is 0 Å². The van der Waals surface area contributed by atoms with Gasteiger partial charge in [0.25, 0.3) is 0 Å². The number of ether oxygens (including phenoxy) is 1. The molecule has 0 amide bonds. The summed E-state index contributed by atoms with van der Waals surface area (Å²) in [5.74, 6) is 0.962. The molecule has 0 aliphatic carbocycles. The summed E-state index contributed by atoms with van der Waals surface area (Å²) in [7, 11) is 1.71. The van der Waals surface area contributed by atoms with E-state index < -0.39 is 0 Å². The van der Waals surface area contributed by atoms with Crippen LogP contribution in [0.2, 0.25) is 0 Å². The first-order valence-electron chi connectivity index (χ1n) is 6.62. The molecular formula is C15H21N3O. The number of nitrogens with one attached hydrogen (secondary N) is 1. The van der Waals surface area contributed by atoms with Crippen LogP contribution in [0.4, 0.5) is 0 Å². The van der Waals surface area contributed by atoms with E-state index in [2.05, 4.69) is 23.4 Å². The summed E-state index contributed by atoms with van der Waals surface area (Å²) in [6, 6.07) is 10.5. The van der Waals surface area contributed by atoms with Gasteiger partial charge in [-0.2, -0.15) is 5.10 Å². The minimum Gasteiger partial charge on any atom is -0.496 e. The molecule has 1 aromatic carbocycles. The van der Waals surface area contributed by atoms with Gasteiger partial charge in [-0.1, -0.05) is 18.2 Å². The number of hydrogen-bond acceptors (Lipinski definition) is 3. The Morgan fingerprint density at radius 1 is 1.32 bits per heavy atom. The smallest absolute Gasteiger partial charge is 0.122 e. The predicted molar refractivity (Wildman–Crippen MR) is 76.4 cm³/mol. The molecule has 2 rings (SSSR count). The Morgan fingerprint density at radius 3 is 2.89 bits per heavy atom. The van der Waals surface area contributed by atoms with Crippen molar-refractivity contribution in [2.75, 3.05) is 13.7 Å². The fourth-order valence-corrected chi connectivity index (χ4v) is 2.12. The third-order valence-electron chi connectivity index (χ3n) is 3.10. The number of nitrogens with zero attached hydrogens (tertiary/aromatic N) is 2. The summed E-state index contributed by atoms with van der Waals surface area (Å²) in [5.41, 5.74) is 1.24. The molecule has 1 heterocycles. The minimum atomic E-state index is 0.398. The standard InChI is InChI=1S/C15H21N3O/c1-13(12-18-11-5-9-17-18)16-10-8-14-6-3-4-7-15(14)19-2/h3-7,9,11,13,16H,8,10,12H2,1-2H3.